The number of amides is 1. The first kappa shape index (κ1) is 25.4. The van der Waals surface area contributed by atoms with Gasteiger partial charge in [-0.3, -0.25) is 4.79 Å². The second kappa shape index (κ2) is 9.70. The van der Waals surface area contributed by atoms with E-state index in [0.717, 1.165) is 41.6 Å². The number of fused-ring (bicyclic) bond motifs is 4. The molecule has 1 aliphatic carbocycles. The van der Waals surface area contributed by atoms with Crippen LogP contribution in [-0.4, -0.2) is 45.3 Å². The zero-order chi connectivity index (χ0) is 26.6. The van der Waals surface area contributed by atoms with Crippen LogP contribution >= 0.6 is 15.9 Å². The molecule has 0 N–H and O–H groups in total. The third-order valence-electron chi connectivity index (χ3n) is 8.16. The molecule has 3 aromatic rings. The summed E-state index contributed by atoms with van der Waals surface area (Å²) in [5, 5.41) is 0.638. The first-order valence-electron chi connectivity index (χ1n) is 13.8. The Morgan fingerprint density at radius 3 is 2.50 bits per heavy atom. The lowest BCUT2D eigenvalue weighted by Crippen LogP contribution is -2.41. The fraction of sp³-hybridized carbons (Fsp3) is 0.500. The Kier molecular flexibility index (Phi) is 6.49. The third kappa shape index (κ3) is 4.61. The molecular formula is C30H35BrN4O3. The maximum absolute atomic E-state index is 13.2. The standard InChI is InChI=1S/C30H35BrN4O3/c1-30(2,3)38-29(37)33-15-13-19(14-16-33)20-11-12-21-18-34-24-10-6-9-23(31)26(24)27(36)32-28(34)35(25(21)17-20)22-7-4-5-8-22/h6,9-12,17,19,22H,4-5,7-8,13-16,18H2,1-3H3. The van der Waals surface area contributed by atoms with Gasteiger partial charge in [-0.25, -0.2) is 4.79 Å². The van der Waals surface area contributed by atoms with Crippen molar-refractivity contribution in [2.45, 2.75) is 83.4 Å². The topological polar surface area (TPSA) is 67.7 Å². The van der Waals surface area contributed by atoms with Gasteiger partial charge in [0.15, 0.2) is 0 Å². The third-order valence-corrected chi connectivity index (χ3v) is 8.82. The normalized spacial score (nSPS) is 18.5. The van der Waals surface area contributed by atoms with E-state index in [9.17, 15) is 9.59 Å². The Morgan fingerprint density at radius 1 is 1.05 bits per heavy atom. The lowest BCUT2D eigenvalue weighted by Gasteiger charge is -2.39. The maximum atomic E-state index is 13.2. The van der Waals surface area contributed by atoms with Gasteiger partial charge in [-0.1, -0.05) is 31.0 Å². The van der Waals surface area contributed by atoms with E-state index in [0.29, 0.717) is 37.0 Å². The summed E-state index contributed by atoms with van der Waals surface area (Å²) in [7, 11) is 0. The van der Waals surface area contributed by atoms with Crippen LogP contribution in [0, 0.1) is 0 Å². The van der Waals surface area contributed by atoms with Crippen molar-refractivity contribution in [2.75, 3.05) is 18.0 Å². The molecular weight excluding hydrogens is 544 g/mol. The highest BCUT2D eigenvalue weighted by atomic mass is 79.9. The quantitative estimate of drug-likeness (QED) is 0.338. The molecule has 7 nitrogen and oxygen atoms in total. The minimum Gasteiger partial charge on any atom is -0.444 e. The number of aromatic nitrogens is 2. The van der Waals surface area contributed by atoms with E-state index in [4.69, 9.17) is 4.74 Å². The molecule has 1 aromatic heterocycles. The molecule has 1 saturated carbocycles. The number of carbonyl (C=O) groups excluding carboxylic acids is 1. The van der Waals surface area contributed by atoms with E-state index in [2.05, 4.69) is 48.6 Å². The van der Waals surface area contributed by atoms with E-state index in [1.165, 1.54) is 29.7 Å². The number of carbonyl (C=O) groups is 1. The molecule has 2 aliphatic heterocycles. The van der Waals surface area contributed by atoms with E-state index in [-0.39, 0.29) is 11.7 Å². The van der Waals surface area contributed by atoms with Gasteiger partial charge in [-0.05, 0) is 97.6 Å². The average Bonchev–Trinajstić information content (AvgIpc) is 3.41. The highest BCUT2D eigenvalue weighted by Crippen LogP contribution is 2.43. The number of hydrogen-bond donors (Lipinski definition) is 0. The Morgan fingerprint density at radius 2 is 1.79 bits per heavy atom. The van der Waals surface area contributed by atoms with Gasteiger partial charge >= 0.3 is 6.09 Å². The number of piperidine rings is 1. The maximum Gasteiger partial charge on any atom is 0.410 e. The number of ether oxygens (including phenoxy) is 1. The number of anilines is 2. The molecule has 2 fully saturated rings. The smallest absolute Gasteiger partial charge is 0.410 e. The summed E-state index contributed by atoms with van der Waals surface area (Å²) in [4.78, 5) is 34.6. The predicted octanol–water partition coefficient (Wildman–Crippen LogP) is 6.72. The van der Waals surface area contributed by atoms with Gasteiger partial charge in [-0.2, -0.15) is 4.98 Å². The minimum atomic E-state index is -0.482. The van der Waals surface area contributed by atoms with E-state index in [1.807, 2.05) is 43.9 Å². The minimum absolute atomic E-state index is 0.184. The van der Waals surface area contributed by atoms with Crippen molar-refractivity contribution in [3.63, 3.8) is 0 Å². The second-order valence-corrected chi connectivity index (χ2v) is 12.7. The molecule has 0 unspecified atom stereocenters. The van der Waals surface area contributed by atoms with E-state index >= 15 is 0 Å². The van der Waals surface area contributed by atoms with Crippen LogP contribution in [0.2, 0.25) is 0 Å². The van der Waals surface area contributed by atoms with Gasteiger partial charge in [0, 0.05) is 29.3 Å². The van der Waals surface area contributed by atoms with Gasteiger partial charge < -0.3 is 19.1 Å². The number of nitrogens with zero attached hydrogens (tertiary/aromatic N) is 4. The first-order valence-corrected chi connectivity index (χ1v) is 14.6. The van der Waals surface area contributed by atoms with Gasteiger partial charge in [-0.15, -0.1) is 0 Å². The molecule has 3 heterocycles. The van der Waals surface area contributed by atoms with Crippen molar-refractivity contribution in [3.8, 4) is 0 Å². The summed E-state index contributed by atoms with van der Waals surface area (Å²) in [5.41, 5.74) is 3.99. The highest BCUT2D eigenvalue weighted by molar-refractivity contribution is 9.10. The molecule has 1 saturated heterocycles. The molecule has 0 spiro atoms. The van der Waals surface area contributed by atoms with Crippen molar-refractivity contribution < 1.29 is 9.53 Å². The Balaban J connectivity index is 1.33. The Hall–Kier alpha value is -2.87. The molecule has 200 valence electrons. The fourth-order valence-electron chi connectivity index (χ4n) is 6.32. The molecule has 0 radical (unpaired) electrons. The highest BCUT2D eigenvalue weighted by Gasteiger charge is 2.34. The molecule has 8 heteroatoms. The van der Waals surface area contributed by atoms with E-state index < -0.39 is 5.60 Å². The first-order chi connectivity index (χ1) is 18.2. The Labute approximate surface area is 231 Å². The SMILES string of the molecule is CC(C)(C)OC(=O)N1CCC(c2ccc3c(c2)N(C2CCCC2)c2nc(=O)c4c(Br)cccc4n2C3)CC1. The van der Waals surface area contributed by atoms with Crippen LogP contribution in [0.15, 0.2) is 45.7 Å². The van der Waals surface area contributed by atoms with Crippen molar-refractivity contribution >= 4 is 44.6 Å². The molecule has 2 aromatic carbocycles. The molecule has 6 rings (SSSR count). The molecule has 3 aliphatic rings. The molecule has 38 heavy (non-hydrogen) atoms. The van der Waals surface area contributed by atoms with Crippen LogP contribution in [-0.2, 0) is 11.3 Å². The van der Waals surface area contributed by atoms with Crippen LogP contribution in [0.5, 0.6) is 0 Å². The number of benzene rings is 2. The van der Waals surface area contributed by atoms with E-state index in [1.54, 1.807) is 0 Å². The van der Waals surface area contributed by atoms with Gasteiger partial charge in [0.2, 0.25) is 5.95 Å². The zero-order valence-electron chi connectivity index (χ0n) is 22.4. The number of rotatable bonds is 2. The van der Waals surface area contributed by atoms with Crippen LogP contribution in [0.3, 0.4) is 0 Å². The number of likely N-dealkylation sites (tertiary alicyclic amines) is 1. The lowest BCUT2D eigenvalue weighted by molar-refractivity contribution is 0.0205. The summed E-state index contributed by atoms with van der Waals surface area (Å²) in [5.74, 6) is 1.14. The summed E-state index contributed by atoms with van der Waals surface area (Å²) in [6.45, 7) is 7.80. The summed E-state index contributed by atoms with van der Waals surface area (Å²) < 4.78 is 8.58. The second-order valence-electron chi connectivity index (χ2n) is 11.9. The lowest BCUT2D eigenvalue weighted by atomic mass is 9.88. The predicted molar refractivity (Wildman–Crippen MR) is 153 cm³/mol. The van der Waals surface area contributed by atoms with Crippen LogP contribution in [0.25, 0.3) is 10.9 Å². The van der Waals surface area contributed by atoms with Crippen LogP contribution < -0.4 is 10.5 Å². The number of halogens is 1. The zero-order valence-corrected chi connectivity index (χ0v) is 24.0. The molecule has 0 bridgehead atoms. The molecule has 1 amide bonds. The van der Waals surface area contributed by atoms with Crippen LogP contribution in [0.1, 0.15) is 76.3 Å². The largest absolute Gasteiger partial charge is 0.444 e. The van der Waals surface area contributed by atoms with Gasteiger partial charge in [0.25, 0.3) is 5.56 Å². The van der Waals surface area contributed by atoms with Crippen LogP contribution in [0.4, 0.5) is 16.4 Å². The summed E-state index contributed by atoms with van der Waals surface area (Å²) in [6, 6.07) is 13.1. The Bertz CT molecular complexity index is 1450. The fourth-order valence-corrected chi connectivity index (χ4v) is 6.84. The van der Waals surface area contributed by atoms with Crippen molar-refractivity contribution in [2.24, 2.45) is 0 Å². The summed E-state index contributed by atoms with van der Waals surface area (Å²) in [6.07, 6.45) is 6.20. The van der Waals surface area contributed by atoms with Crippen molar-refractivity contribution in [1.29, 1.82) is 0 Å². The van der Waals surface area contributed by atoms with Gasteiger partial charge in [0.1, 0.15) is 5.60 Å². The molecule has 0 atom stereocenters. The van der Waals surface area contributed by atoms with Crippen molar-refractivity contribution in [1.82, 2.24) is 14.5 Å². The van der Waals surface area contributed by atoms with Crippen molar-refractivity contribution in [3.05, 3.63) is 62.4 Å². The monoisotopic (exact) mass is 578 g/mol. The average molecular weight is 580 g/mol. The summed E-state index contributed by atoms with van der Waals surface area (Å²) >= 11 is 3.57. The number of hydrogen-bond acceptors (Lipinski definition) is 5. The van der Waals surface area contributed by atoms with Gasteiger partial charge in [0.05, 0.1) is 17.4 Å².